The predicted octanol–water partition coefficient (Wildman–Crippen LogP) is 1.96. The summed E-state index contributed by atoms with van der Waals surface area (Å²) in [4.78, 5) is 22.6. The Kier molecular flexibility index (Phi) is 4.60. The van der Waals surface area contributed by atoms with Gasteiger partial charge in [0.1, 0.15) is 5.82 Å². The quantitative estimate of drug-likeness (QED) is 0.511. The van der Waals surface area contributed by atoms with Crippen molar-refractivity contribution in [3.63, 3.8) is 0 Å². The molecule has 1 amide bonds. The summed E-state index contributed by atoms with van der Waals surface area (Å²) in [6.07, 6.45) is 2.82. The summed E-state index contributed by atoms with van der Waals surface area (Å²) >= 11 is 0. The van der Waals surface area contributed by atoms with Gasteiger partial charge in [-0.05, 0) is 6.07 Å². The molecule has 0 radical (unpaired) electrons. The van der Waals surface area contributed by atoms with Crippen LogP contribution in [0.4, 0.5) is 15.8 Å². The van der Waals surface area contributed by atoms with Crippen molar-refractivity contribution in [3.05, 3.63) is 63.8 Å². The van der Waals surface area contributed by atoms with Crippen LogP contribution in [0, 0.1) is 15.9 Å². The molecule has 10 nitrogen and oxygen atoms in total. The van der Waals surface area contributed by atoms with Crippen molar-refractivity contribution >= 4 is 17.3 Å². The fourth-order valence-corrected chi connectivity index (χ4v) is 2.30. The Hall–Kier alpha value is -3.76. The standard InChI is InChI=1S/C15H13FN6O4/c1-26-15-13(22(24)25)12(19-20-15)14(23)18-10-6-17-21(8-10)7-9-4-2-3-5-11(9)16/h2-6,8H,7H2,1H3,(H,18,23)(H,19,20). The number of rotatable bonds is 6. The Balaban J connectivity index is 1.75. The lowest BCUT2D eigenvalue weighted by Gasteiger charge is -2.03. The maximum atomic E-state index is 13.7. The van der Waals surface area contributed by atoms with Crippen molar-refractivity contribution in [2.24, 2.45) is 0 Å². The molecule has 0 unspecified atom stereocenters. The van der Waals surface area contributed by atoms with Gasteiger partial charge in [-0.15, -0.1) is 5.10 Å². The van der Waals surface area contributed by atoms with Gasteiger partial charge in [0.2, 0.25) is 5.69 Å². The molecule has 0 atom stereocenters. The van der Waals surface area contributed by atoms with E-state index < -0.39 is 16.5 Å². The maximum Gasteiger partial charge on any atom is 0.362 e. The number of carbonyl (C=O) groups is 1. The normalized spacial score (nSPS) is 10.5. The highest BCUT2D eigenvalue weighted by molar-refractivity contribution is 6.06. The molecule has 2 N–H and O–H groups in total. The van der Waals surface area contributed by atoms with Crippen LogP contribution in [0.25, 0.3) is 0 Å². The van der Waals surface area contributed by atoms with Crippen LogP contribution in [0.15, 0.2) is 36.7 Å². The third-order valence-corrected chi connectivity index (χ3v) is 3.49. The number of hydrogen-bond acceptors (Lipinski definition) is 6. The van der Waals surface area contributed by atoms with Crippen molar-refractivity contribution < 1.29 is 18.8 Å². The monoisotopic (exact) mass is 360 g/mol. The second-order valence-electron chi connectivity index (χ2n) is 5.19. The number of methoxy groups -OCH3 is 1. The Morgan fingerprint density at radius 3 is 2.92 bits per heavy atom. The molecule has 0 saturated carbocycles. The Morgan fingerprint density at radius 1 is 1.46 bits per heavy atom. The lowest BCUT2D eigenvalue weighted by Crippen LogP contribution is -2.14. The molecule has 2 heterocycles. The molecule has 2 aromatic heterocycles. The van der Waals surface area contributed by atoms with E-state index in [1.807, 2.05) is 0 Å². The minimum Gasteiger partial charge on any atom is -0.475 e. The van der Waals surface area contributed by atoms with Gasteiger partial charge in [0.15, 0.2) is 0 Å². The van der Waals surface area contributed by atoms with E-state index >= 15 is 0 Å². The van der Waals surface area contributed by atoms with Crippen LogP contribution in [0.3, 0.4) is 0 Å². The van der Waals surface area contributed by atoms with E-state index in [2.05, 4.69) is 20.6 Å². The van der Waals surface area contributed by atoms with E-state index in [1.54, 1.807) is 18.2 Å². The van der Waals surface area contributed by atoms with Gasteiger partial charge in [-0.1, -0.05) is 18.2 Å². The van der Waals surface area contributed by atoms with E-state index in [-0.39, 0.29) is 29.6 Å². The SMILES string of the molecule is COc1n[nH]c(C(=O)Nc2cnn(Cc3ccccc3F)c2)c1[N+](=O)[O-]. The number of ether oxygens (including phenoxy) is 1. The molecular formula is C15H13FN6O4. The maximum absolute atomic E-state index is 13.7. The fraction of sp³-hybridized carbons (Fsp3) is 0.133. The molecule has 11 heteroatoms. The Morgan fingerprint density at radius 2 is 2.23 bits per heavy atom. The molecule has 1 aromatic carbocycles. The molecule has 0 aliphatic rings. The first-order chi connectivity index (χ1) is 12.5. The third kappa shape index (κ3) is 3.36. The van der Waals surface area contributed by atoms with Gasteiger partial charge in [0.25, 0.3) is 5.91 Å². The van der Waals surface area contributed by atoms with Gasteiger partial charge in [-0.2, -0.15) is 5.10 Å². The molecule has 0 fully saturated rings. The van der Waals surface area contributed by atoms with Crippen LogP contribution < -0.4 is 10.1 Å². The lowest BCUT2D eigenvalue weighted by molar-refractivity contribution is -0.386. The molecule has 0 aliphatic heterocycles. The minimum atomic E-state index is -0.780. The third-order valence-electron chi connectivity index (χ3n) is 3.49. The summed E-state index contributed by atoms with van der Waals surface area (Å²) in [6, 6.07) is 6.25. The topological polar surface area (TPSA) is 128 Å². The number of amides is 1. The molecule has 0 saturated heterocycles. The number of carbonyl (C=O) groups excluding carboxylic acids is 1. The van der Waals surface area contributed by atoms with Crippen molar-refractivity contribution in [2.75, 3.05) is 12.4 Å². The number of hydrogen-bond donors (Lipinski definition) is 2. The lowest BCUT2D eigenvalue weighted by atomic mass is 10.2. The van der Waals surface area contributed by atoms with Crippen molar-refractivity contribution in [2.45, 2.75) is 6.54 Å². The number of aromatic amines is 1. The first kappa shape index (κ1) is 17.1. The number of nitrogens with one attached hydrogen (secondary N) is 2. The summed E-state index contributed by atoms with van der Waals surface area (Å²) < 4.78 is 19.9. The van der Waals surface area contributed by atoms with Crippen LogP contribution in [-0.2, 0) is 6.54 Å². The zero-order chi connectivity index (χ0) is 18.7. The number of nitro groups is 1. The molecule has 3 rings (SSSR count). The van der Waals surface area contributed by atoms with Crippen LogP contribution in [-0.4, -0.2) is 37.9 Å². The van der Waals surface area contributed by atoms with Crippen LogP contribution in [0.1, 0.15) is 16.1 Å². The summed E-state index contributed by atoms with van der Waals surface area (Å²) in [6.45, 7) is 0.167. The highest BCUT2D eigenvalue weighted by Crippen LogP contribution is 2.28. The smallest absolute Gasteiger partial charge is 0.362 e. The number of H-pyrrole nitrogens is 1. The highest BCUT2D eigenvalue weighted by Gasteiger charge is 2.30. The van der Waals surface area contributed by atoms with Gasteiger partial charge in [0.05, 0.1) is 30.5 Å². The van der Waals surface area contributed by atoms with E-state index in [1.165, 1.54) is 30.3 Å². The van der Waals surface area contributed by atoms with Gasteiger partial charge < -0.3 is 10.1 Å². The molecule has 0 aliphatic carbocycles. The van der Waals surface area contributed by atoms with E-state index in [0.717, 1.165) is 0 Å². The van der Waals surface area contributed by atoms with Crippen molar-refractivity contribution in [1.29, 1.82) is 0 Å². The second kappa shape index (κ2) is 7.01. The van der Waals surface area contributed by atoms with Crippen molar-refractivity contribution in [1.82, 2.24) is 20.0 Å². The molecular weight excluding hydrogens is 347 g/mol. The first-order valence-corrected chi connectivity index (χ1v) is 7.33. The Bertz CT molecular complexity index is 967. The number of benzene rings is 1. The van der Waals surface area contributed by atoms with Crippen LogP contribution in [0.2, 0.25) is 0 Å². The van der Waals surface area contributed by atoms with Crippen LogP contribution in [0.5, 0.6) is 5.88 Å². The zero-order valence-corrected chi connectivity index (χ0v) is 13.5. The molecule has 0 bridgehead atoms. The summed E-state index contributed by atoms with van der Waals surface area (Å²) in [5.41, 5.74) is -0.200. The predicted molar refractivity (Wildman–Crippen MR) is 87.5 cm³/mol. The molecule has 26 heavy (non-hydrogen) atoms. The van der Waals surface area contributed by atoms with Gasteiger partial charge >= 0.3 is 11.6 Å². The number of halogens is 1. The minimum absolute atomic E-state index is 0.167. The summed E-state index contributed by atoms with van der Waals surface area (Å²) in [7, 11) is 1.21. The zero-order valence-electron chi connectivity index (χ0n) is 13.5. The van der Waals surface area contributed by atoms with Crippen LogP contribution >= 0.6 is 0 Å². The van der Waals surface area contributed by atoms with E-state index in [4.69, 9.17) is 4.74 Å². The summed E-state index contributed by atoms with van der Waals surface area (Å²) in [5.74, 6) is -1.44. The first-order valence-electron chi connectivity index (χ1n) is 7.33. The van der Waals surface area contributed by atoms with E-state index in [0.29, 0.717) is 5.56 Å². The average Bonchev–Trinajstić information content (AvgIpc) is 3.23. The molecule has 3 aromatic rings. The second-order valence-corrected chi connectivity index (χ2v) is 5.19. The largest absolute Gasteiger partial charge is 0.475 e. The van der Waals surface area contributed by atoms with Gasteiger partial charge in [-0.3, -0.25) is 24.7 Å². The van der Waals surface area contributed by atoms with Gasteiger partial charge in [-0.25, -0.2) is 4.39 Å². The molecule has 0 spiro atoms. The fourth-order valence-electron chi connectivity index (χ4n) is 2.30. The number of nitrogens with zero attached hydrogens (tertiary/aromatic N) is 4. The molecule has 134 valence electrons. The Labute approximate surface area is 145 Å². The average molecular weight is 360 g/mol. The highest BCUT2D eigenvalue weighted by atomic mass is 19.1. The van der Waals surface area contributed by atoms with E-state index in [9.17, 15) is 19.3 Å². The van der Waals surface area contributed by atoms with Crippen molar-refractivity contribution in [3.8, 4) is 5.88 Å². The summed E-state index contributed by atoms with van der Waals surface area (Å²) in [5, 5.41) is 23.4. The van der Waals surface area contributed by atoms with Gasteiger partial charge in [0, 0.05) is 11.8 Å². The number of aromatic nitrogens is 4. The number of anilines is 1.